The zero-order chi connectivity index (χ0) is 51.7. The lowest BCUT2D eigenvalue weighted by Gasteiger charge is -2.60. The molecule has 4 aliphatic carbocycles. The molecule has 2 aromatic rings. The number of aliphatic hydroxyl groups excluding tert-OH is 5. The van der Waals surface area contributed by atoms with Gasteiger partial charge in [0.2, 0.25) is 0 Å². The lowest BCUT2D eigenvalue weighted by atomic mass is 9.44. The van der Waals surface area contributed by atoms with Gasteiger partial charge in [0.15, 0.2) is 24.5 Å². The number of halogens is 2. The molecule has 0 radical (unpaired) electrons. The Morgan fingerprint density at radius 3 is 2.10 bits per heavy atom. The van der Waals surface area contributed by atoms with Gasteiger partial charge in [-0.25, -0.2) is 18.4 Å². The van der Waals surface area contributed by atoms with E-state index in [-0.39, 0.29) is 57.9 Å². The number of ketones is 1. The second-order valence-electron chi connectivity index (χ2n) is 22.8. The van der Waals surface area contributed by atoms with E-state index in [9.17, 15) is 48.7 Å². The van der Waals surface area contributed by atoms with Crippen LogP contribution in [0.5, 0.6) is 0 Å². The maximum absolute atomic E-state index is 14.7. The first-order chi connectivity index (χ1) is 34.8. The van der Waals surface area contributed by atoms with Gasteiger partial charge in [0.25, 0.3) is 0 Å². The topological polar surface area (TPSA) is 250 Å². The Balaban J connectivity index is 0.773. The molecule has 8 aliphatic rings. The Morgan fingerprint density at radius 1 is 0.781 bits per heavy atom. The van der Waals surface area contributed by atoms with Gasteiger partial charge in [-0.2, -0.15) is 0 Å². The van der Waals surface area contributed by atoms with Crippen LogP contribution in [0.4, 0.5) is 29.7 Å². The third-order valence-corrected chi connectivity index (χ3v) is 18.4. The van der Waals surface area contributed by atoms with Crippen molar-refractivity contribution in [1.29, 1.82) is 0 Å². The third kappa shape index (κ3) is 9.81. The molecule has 4 aliphatic heterocycles. The first kappa shape index (κ1) is 52.5. The molecule has 4 saturated carbocycles. The maximum atomic E-state index is 14.7. The maximum Gasteiger partial charge on any atom is 0.412 e. The van der Waals surface area contributed by atoms with E-state index in [0.717, 1.165) is 50.3 Å². The zero-order valence-corrected chi connectivity index (χ0v) is 41.6. The number of Topliss-reactive ketones (excluding diaryl/α,β-unsaturated/α-hetero) is 1. The molecule has 20 heteroatoms. The summed E-state index contributed by atoms with van der Waals surface area (Å²) in [6.45, 7) is 8.28. The van der Waals surface area contributed by atoms with E-state index in [2.05, 4.69) is 38.3 Å². The van der Waals surface area contributed by atoms with E-state index in [0.29, 0.717) is 49.9 Å². The fraction of sp³-hybridized carbons (Fsp3) is 0.717. The molecular formula is C53H70F2N2O16. The predicted molar refractivity (Wildman–Crippen MR) is 252 cm³/mol. The van der Waals surface area contributed by atoms with Crippen LogP contribution in [0.25, 0.3) is 0 Å². The first-order valence-corrected chi connectivity index (χ1v) is 26.0. The highest BCUT2D eigenvalue weighted by Gasteiger charge is 2.71. The molecule has 73 heavy (non-hydrogen) atoms. The standard InChI is InChI=1S/C53H70F2N2O16/c1-25-13-16-53(67-23-25)26(2)39-36(73-53)20-34-33-12-11-27-17-32(14-15-51(27,3)40(33)35(59)21-52(34,39)4)68-47-43(62)41(60)45(37(22-58)69-47)71-48-44(63)42(61)46(72-50(65)57-31-10-6-8-29(55)19-31)38(70-48)24-66-49(64)56-30-9-5-7-28(54)18-30/h5-10,18-19,25-27,32-34,36-48,58,60-63H,11-17,20-24H2,1-4H3,(H,56,64)(H,57,65)/t25-,26+,27+,32+,33+,34+,36+,37-,38-,39+,40-,41-,42-,43-,44-,45-,46-,47-,48+,51+,52+,53-/m1/s1. The minimum atomic E-state index is -2.02. The molecule has 4 heterocycles. The Morgan fingerprint density at radius 2 is 1.44 bits per heavy atom. The van der Waals surface area contributed by atoms with E-state index < -0.39 is 110 Å². The van der Waals surface area contributed by atoms with Crippen LogP contribution in [0.15, 0.2) is 48.5 Å². The number of aliphatic hydroxyl groups is 5. The van der Waals surface area contributed by atoms with Crippen molar-refractivity contribution in [2.45, 2.75) is 165 Å². The average molecular weight is 1030 g/mol. The lowest BCUT2D eigenvalue weighted by Crippen LogP contribution is -2.65. The number of benzene rings is 2. The number of rotatable bonds is 10. The minimum Gasteiger partial charge on any atom is -0.446 e. The zero-order valence-electron chi connectivity index (χ0n) is 41.6. The van der Waals surface area contributed by atoms with Crippen molar-refractivity contribution in [1.82, 2.24) is 0 Å². The molecular weight excluding hydrogens is 959 g/mol. The number of anilines is 2. The van der Waals surface area contributed by atoms with Gasteiger partial charge in [-0.1, -0.05) is 39.8 Å². The van der Waals surface area contributed by atoms with Crippen molar-refractivity contribution in [2.24, 2.45) is 52.3 Å². The van der Waals surface area contributed by atoms with Crippen LogP contribution in [0.3, 0.4) is 0 Å². The van der Waals surface area contributed by atoms with Gasteiger partial charge in [-0.15, -0.1) is 0 Å². The first-order valence-electron chi connectivity index (χ1n) is 26.0. The molecule has 2 amide bonds. The van der Waals surface area contributed by atoms with Crippen LogP contribution in [0.2, 0.25) is 0 Å². The van der Waals surface area contributed by atoms with E-state index in [1.165, 1.54) is 30.3 Å². The van der Waals surface area contributed by atoms with Gasteiger partial charge >= 0.3 is 12.2 Å². The summed E-state index contributed by atoms with van der Waals surface area (Å²) >= 11 is 0. The Labute approximate surface area is 422 Å². The van der Waals surface area contributed by atoms with Crippen LogP contribution in [-0.2, 0) is 42.7 Å². The second kappa shape index (κ2) is 20.5. The summed E-state index contributed by atoms with van der Waals surface area (Å²) in [6, 6.07) is 9.80. The molecule has 1 spiro atoms. The van der Waals surface area contributed by atoms with Gasteiger partial charge < -0.3 is 63.4 Å². The molecule has 8 fully saturated rings. The summed E-state index contributed by atoms with van der Waals surface area (Å²) in [7, 11) is 0. The van der Waals surface area contributed by atoms with Crippen LogP contribution in [0, 0.1) is 63.9 Å². The molecule has 22 atom stereocenters. The SMILES string of the molecule is C[C@@H]1CC[C@@]2(OC1)O[C@H]1C[C@H]3[C@@H]4CC[C@H]5C[C@@H](O[C@@H]6O[C@H](CO)[C@@H](O[C@@H]7O[C@H](COC(=O)Nc8cccc(F)c8)[C@@H](OC(=O)Nc8cccc(F)c8)[C@H](O)[C@H]7O)[C@H](O)[C@H]6O)CC[C@]5(C)[C@H]4C(=O)C[C@]3(C)[C@H]1[C@@H]2C. The quantitative estimate of drug-likeness (QED) is 0.147. The summed E-state index contributed by atoms with van der Waals surface area (Å²) in [5, 5.41) is 61.0. The Hall–Kier alpha value is -3.93. The lowest BCUT2D eigenvalue weighted by molar-refractivity contribution is -0.363. The van der Waals surface area contributed by atoms with Crippen LogP contribution < -0.4 is 10.6 Å². The van der Waals surface area contributed by atoms with E-state index in [4.69, 9.17) is 37.9 Å². The number of hydrogen-bond donors (Lipinski definition) is 7. The summed E-state index contributed by atoms with van der Waals surface area (Å²) in [6.07, 6.45) is -12.7. The summed E-state index contributed by atoms with van der Waals surface area (Å²) in [5.74, 6) is 0.126. The van der Waals surface area contributed by atoms with Crippen molar-refractivity contribution in [3.63, 3.8) is 0 Å². The largest absolute Gasteiger partial charge is 0.446 e. The van der Waals surface area contributed by atoms with Crippen molar-refractivity contribution in [2.75, 3.05) is 30.5 Å². The van der Waals surface area contributed by atoms with Crippen LogP contribution in [0.1, 0.15) is 85.5 Å². The third-order valence-electron chi connectivity index (χ3n) is 18.4. The van der Waals surface area contributed by atoms with Gasteiger partial charge in [-0.05, 0) is 122 Å². The smallest absolute Gasteiger partial charge is 0.412 e. The van der Waals surface area contributed by atoms with Crippen LogP contribution in [-0.4, -0.2) is 143 Å². The molecule has 0 bridgehead atoms. The average Bonchev–Trinajstić information content (AvgIpc) is 3.79. The van der Waals surface area contributed by atoms with E-state index >= 15 is 0 Å². The van der Waals surface area contributed by atoms with Crippen LogP contribution >= 0.6 is 0 Å². The molecule has 402 valence electrons. The highest BCUT2D eigenvalue weighted by atomic mass is 19.1. The number of amides is 2. The normalized spacial score (nSPS) is 45.1. The number of hydrogen-bond acceptors (Lipinski definition) is 16. The van der Waals surface area contributed by atoms with Gasteiger partial charge in [0.05, 0.1) is 25.4 Å². The highest BCUT2D eigenvalue weighted by Crippen LogP contribution is 2.70. The number of ether oxygens (including phenoxy) is 8. The second-order valence-corrected chi connectivity index (χ2v) is 22.8. The van der Waals surface area contributed by atoms with Crippen molar-refractivity contribution < 1.29 is 86.6 Å². The van der Waals surface area contributed by atoms with Crippen molar-refractivity contribution in [3.8, 4) is 0 Å². The fourth-order valence-electron chi connectivity index (χ4n) is 14.9. The van der Waals surface area contributed by atoms with Crippen molar-refractivity contribution >= 4 is 29.3 Å². The minimum absolute atomic E-state index is 0.00495. The molecule has 0 aromatic heterocycles. The highest BCUT2D eigenvalue weighted by molar-refractivity contribution is 5.86. The summed E-state index contributed by atoms with van der Waals surface area (Å²) < 4.78 is 76.2. The number of nitrogens with one attached hydrogen (secondary N) is 2. The number of carbonyl (C=O) groups excluding carboxylic acids is 3. The molecule has 0 unspecified atom stereocenters. The molecule has 7 N–H and O–H groups in total. The van der Waals surface area contributed by atoms with E-state index in [1.807, 2.05) is 0 Å². The van der Waals surface area contributed by atoms with E-state index in [1.54, 1.807) is 0 Å². The molecule has 2 aromatic carbocycles. The Kier molecular flexibility index (Phi) is 14.8. The monoisotopic (exact) mass is 1030 g/mol. The van der Waals surface area contributed by atoms with Crippen molar-refractivity contribution in [3.05, 3.63) is 60.2 Å². The molecule has 4 saturated heterocycles. The number of fused-ring (bicyclic) bond motifs is 7. The fourth-order valence-corrected chi connectivity index (χ4v) is 14.9. The predicted octanol–water partition coefficient (Wildman–Crippen LogP) is 5.41. The molecule has 18 nitrogen and oxygen atoms in total. The van der Waals surface area contributed by atoms with Gasteiger partial charge in [0, 0.05) is 36.1 Å². The van der Waals surface area contributed by atoms with Gasteiger partial charge in [-0.3, -0.25) is 15.4 Å². The Bertz CT molecular complexity index is 2340. The summed E-state index contributed by atoms with van der Waals surface area (Å²) in [5.41, 5.74) is -0.384. The number of carbonyl (C=O) groups is 3. The summed E-state index contributed by atoms with van der Waals surface area (Å²) in [4.78, 5) is 40.4. The van der Waals surface area contributed by atoms with Gasteiger partial charge in [0.1, 0.15) is 66.8 Å². The molecule has 10 rings (SSSR count).